The lowest BCUT2D eigenvalue weighted by atomic mass is 9.98. The summed E-state index contributed by atoms with van der Waals surface area (Å²) in [5.41, 5.74) is -3.89. The number of amides is 1. The number of anilines is 1. The molecule has 1 amide bonds. The Hall–Kier alpha value is -1.51. The van der Waals surface area contributed by atoms with Crippen molar-refractivity contribution in [3.63, 3.8) is 0 Å². The van der Waals surface area contributed by atoms with Gasteiger partial charge in [0, 0.05) is 5.69 Å². The number of halogens is 5. The lowest BCUT2D eigenvalue weighted by Crippen LogP contribution is -2.54. The molecule has 0 spiro atoms. The van der Waals surface area contributed by atoms with Gasteiger partial charge in [0.1, 0.15) is 0 Å². The first kappa shape index (κ1) is 19.5. The van der Waals surface area contributed by atoms with Crippen molar-refractivity contribution < 1.29 is 32.6 Å². The molecular weight excluding hydrogens is 362 g/mol. The van der Waals surface area contributed by atoms with E-state index in [2.05, 4.69) is 10.1 Å². The third-order valence-electron chi connectivity index (χ3n) is 2.70. The van der Waals surface area contributed by atoms with Crippen LogP contribution in [0.1, 0.15) is 13.3 Å². The molecule has 0 aliphatic carbocycles. The quantitative estimate of drug-likeness (QED) is 0.777. The van der Waals surface area contributed by atoms with Crippen molar-refractivity contribution in [1.29, 1.82) is 0 Å². The fourth-order valence-electron chi connectivity index (χ4n) is 1.55. The molecule has 0 unspecified atom stereocenters. The number of carbonyl (C=O) groups is 2. The zero-order valence-corrected chi connectivity index (χ0v) is 13.2. The number of carbonyl (C=O) groups excluding carboxylic acids is 2. The Kier molecular flexibility index (Phi) is 6.26. The number of nitrogens with one attached hydrogen (secondary N) is 1. The zero-order chi connectivity index (χ0) is 17.8. The third-order valence-corrected chi connectivity index (χ3v) is 3.44. The van der Waals surface area contributed by atoms with Gasteiger partial charge in [-0.25, -0.2) is 4.79 Å². The summed E-state index contributed by atoms with van der Waals surface area (Å²) >= 11 is 11.4. The zero-order valence-electron chi connectivity index (χ0n) is 11.7. The SMILES string of the molecule is CCOC(=O)[C@@](O)(CC(=O)Nc1ccc(Cl)c(Cl)c1)C(F)(F)F. The van der Waals surface area contributed by atoms with Crippen LogP contribution in [0.3, 0.4) is 0 Å². The topological polar surface area (TPSA) is 75.6 Å². The Balaban J connectivity index is 2.93. The number of hydrogen-bond donors (Lipinski definition) is 2. The van der Waals surface area contributed by atoms with Crippen LogP contribution in [0.25, 0.3) is 0 Å². The molecule has 1 aromatic rings. The van der Waals surface area contributed by atoms with Gasteiger partial charge >= 0.3 is 12.1 Å². The number of benzene rings is 1. The predicted octanol–water partition coefficient (Wildman–Crippen LogP) is 3.18. The monoisotopic (exact) mass is 373 g/mol. The number of alkyl halides is 3. The van der Waals surface area contributed by atoms with E-state index in [9.17, 15) is 27.9 Å². The molecule has 5 nitrogen and oxygen atoms in total. The molecular formula is C13H12Cl2F3NO4. The summed E-state index contributed by atoms with van der Waals surface area (Å²) in [6.07, 6.45) is -6.94. The summed E-state index contributed by atoms with van der Waals surface area (Å²) < 4.78 is 43.0. The normalized spacial score (nSPS) is 14.0. The Morgan fingerprint density at radius 1 is 1.26 bits per heavy atom. The van der Waals surface area contributed by atoms with Gasteiger partial charge in [-0.05, 0) is 25.1 Å². The van der Waals surface area contributed by atoms with E-state index in [4.69, 9.17) is 23.2 Å². The first-order valence-electron chi connectivity index (χ1n) is 6.22. The highest BCUT2D eigenvalue weighted by atomic mass is 35.5. The summed E-state index contributed by atoms with van der Waals surface area (Å²) in [4.78, 5) is 23.1. The van der Waals surface area contributed by atoms with Crippen LogP contribution in [0, 0.1) is 0 Å². The van der Waals surface area contributed by atoms with Crippen molar-refractivity contribution in [2.75, 3.05) is 11.9 Å². The summed E-state index contributed by atoms with van der Waals surface area (Å²) in [6, 6.07) is 3.82. The molecule has 0 aliphatic rings. The smallest absolute Gasteiger partial charge is 0.428 e. The minimum Gasteiger partial charge on any atom is -0.464 e. The van der Waals surface area contributed by atoms with Crippen LogP contribution < -0.4 is 5.32 Å². The summed E-state index contributed by atoms with van der Waals surface area (Å²) in [7, 11) is 0. The first-order valence-corrected chi connectivity index (χ1v) is 6.98. The highest BCUT2D eigenvalue weighted by molar-refractivity contribution is 6.42. The van der Waals surface area contributed by atoms with Crippen molar-refractivity contribution >= 4 is 40.8 Å². The van der Waals surface area contributed by atoms with E-state index < -0.39 is 30.1 Å². The molecule has 0 bridgehead atoms. The van der Waals surface area contributed by atoms with Crippen molar-refractivity contribution in [3.05, 3.63) is 28.2 Å². The summed E-state index contributed by atoms with van der Waals surface area (Å²) in [5, 5.41) is 11.9. The van der Waals surface area contributed by atoms with Crippen molar-refractivity contribution in [3.8, 4) is 0 Å². The number of rotatable bonds is 5. The van der Waals surface area contributed by atoms with Gasteiger partial charge in [-0.2, -0.15) is 13.2 Å². The van der Waals surface area contributed by atoms with Gasteiger partial charge in [0.2, 0.25) is 5.91 Å². The van der Waals surface area contributed by atoms with Crippen molar-refractivity contribution in [2.45, 2.75) is 25.1 Å². The van der Waals surface area contributed by atoms with Gasteiger partial charge < -0.3 is 15.2 Å². The minimum atomic E-state index is -5.38. The van der Waals surface area contributed by atoms with Crippen LogP contribution in [-0.4, -0.2) is 35.4 Å². The average molecular weight is 374 g/mol. The molecule has 0 saturated carbocycles. The second-order valence-electron chi connectivity index (χ2n) is 4.43. The van der Waals surface area contributed by atoms with Crippen LogP contribution >= 0.6 is 23.2 Å². The molecule has 0 aliphatic heterocycles. The fraction of sp³-hybridized carbons (Fsp3) is 0.385. The van der Waals surface area contributed by atoms with Crippen LogP contribution in [0.15, 0.2) is 18.2 Å². The molecule has 0 aromatic heterocycles. The Bertz CT molecular complexity index is 609. The van der Waals surface area contributed by atoms with Gasteiger partial charge in [0.05, 0.1) is 23.1 Å². The summed E-state index contributed by atoms with van der Waals surface area (Å²) in [5.74, 6) is -3.20. The number of ether oxygens (including phenoxy) is 1. The molecule has 0 heterocycles. The van der Waals surface area contributed by atoms with Gasteiger partial charge in [-0.1, -0.05) is 23.2 Å². The van der Waals surface area contributed by atoms with E-state index in [1.807, 2.05) is 0 Å². The molecule has 10 heteroatoms. The highest BCUT2D eigenvalue weighted by Gasteiger charge is 2.61. The minimum absolute atomic E-state index is 0.0535. The second kappa shape index (κ2) is 7.37. The predicted molar refractivity (Wildman–Crippen MR) is 77.3 cm³/mol. The Morgan fingerprint density at radius 2 is 1.87 bits per heavy atom. The molecule has 0 radical (unpaired) electrons. The van der Waals surface area contributed by atoms with Crippen molar-refractivity contribution in [1.82, 2.24) is 0 Å². The number of hydrogen-bond acceptors (Lipinski definition) is 4. The Labute approximate surface area is 139 Å². The molecule has 1 aromatic carbocycles. The van der Waals surface area contributed by atoms with E-state index in [1.165, 1.54) is 25.1 Å². The largest absolute Gasteiger partial charge is 0.464 e. The van der Waals surface area contributed by atoms with Gasteiger partial charge in [-0.3, -0.25) is 4.79 Å². The van der Waals surface area contributed by atoms with Crippen molar-refractivity contribution in [2.24, 2.45) is 0 Å². The molecule has 128 valence electrons. The van der Waals surface area contributed by atoms with E-state index in [0.29, 0.717) is 0 Å². The fourth-order valence-corrected chi connectivity index (χ4v) is 1.85. The summed E-state index contributed by atoms with van der Waals surface area (Å²) in [6.45, 7) is 0.885. The van der Waals surface area contributed by atoms with Crippen LogP contribution in [-0.2, 0) is 14.3 Å². The lowest BCUT2D eigenvalue weighted by Gasteiger charge is -2.27. The lowest BCUT2D eigenvalue weighted by molar-refractivity contribution is -0.262. The van der Waals surface area contributed by atoms with E-state index >= 15 is 0 Å². The molecule has 23 heavy (non-hydrogen) atoms. The van der Waals surface area contributed by atoms with Gasteiger partial charge in [0.15, 0.2) is 0 Å². The first-order chi connectivity index (χ1) is 10.5. The maximum absolute atomic E-state index is 12.9. The standard InChI is InChI=1S/C13H12Cl2F3NO4/c1-2-23-11(21)12(22,13(16,17)18)6-10(20)19-7-3-4-8(14)9(15)5-7/h3-5,22H,2,6H2,1H3,(H,19,20)/t12-/m0/s1. The molecule has 2 N–H and O–H groups in total. The maximum Gasteiger partial charge on any atom is 0.428 e. The van der Waals surface area contributed by atoms with Crippen LogP contribution in [0.5, 0.6) is 0 Å². The van der Waals surface area contributed by atoms with Gasteiger partial charge in [0.25, 0.3) is 5.60 Å². The molecule has 1 atom stereocenters. The molecule has 1 rings (SSSR count). The molecule has 0 saturated heterocycles. The maximum atomic E-state index is 12.9. The number of aliphatic hydroxyl groups is 1. The van der Waals surface area contributed by atoms with E-state index in [1.54, 1.807) is 0 Å². The second-order valence-corrected chi connectivity index (χ2v) is 5.25. The number of esters is 1. The molecule has 0 fully saturated rings. The highest BCUT2D eigenvalue weighted by Crippen LogP contribution is 2.35. The van der Waals surface area contributed by atoms with Crippen LogP contribution in [0.4, 0.5) is 18.9 Å². The van der Waals surface area contributed by atoms with Crippen LogP contribution in [0.2, 0.25) is 10.0 Å². The van der Waals surface area contributed by atoms with E-state index in [0.717, 1.165) is 0 Å². The Morgan fingerprint density at radius 3 is 2.35 bits per heavy atom. The average Bonchev–Trinajstić information content (AvgIpc) is 2.41. The third kappa shape index (κ3) is 4.73. The van der Waals surface area contributed by atoms with Gasteiger partial charge in [-0.15, -0.1) is 0 Å². The van der Waals surface area contributed by atoms with E-state index in [-0.39, 0.29) is 22.3 Å².